The minimum absolute atomic E-state index is 0.241. The van der Waals surface area contributed by atoms with E-state index in [1.54, 1.807) is 18.2 Å². The number of benzene rings is 2. The molecule has 1 N–H and O–H groups in total. The molecule has 0 aliphatic carbocycles. The van der Waals surface area contributed by atoms with Crippen molar-refractivity contribution in [1.29, 1.82) is 0 Å². The van der Waals surface area contributed by atoms with E-state index in [4.69, 9.17) is 4.74 Å². The smallest absolute Gasteiger partial charge is 0.146 e. The summed E-state index contributed by atoms with van der Waals surface area (Å²) < 4.78 is 19.0. The lowest BCUT2D eigenvalue weighted by atomic mass is 10.1. The first kappa shape index (κ1) is 13.4. The molecule has 0 saturated heterocycles. The molecule has 0 atom stereocenters. The number of anilines is 1. The zero-order chi connectivity index (χ0) is 13.7. The Labute approximate surface area is 113 Å². The van der Waals surface area contributed by atoms with Gasteiger partial charge in [-0.25, -0.2) is 4.39 Å². The van der Waals surface area contributed by atoms with Gasteiger partial charge in [0.15, 0.2) is 0 Å². The van der Waals surface area contributed by atoms with Crippen molar-refractivity contribution < 1.29 is 9.13 Å². The van der Waals surface area contributed by atoms with Gasteiger partial charge in [-0.05, 0) is 43.2 Å². The van der Waals surface area contributed by atoms with Crippen LogP contribution in [0, 0.1) is 19.7 Å². The SMILES string of the molecule is Cc1cccc(OCCNc2ccccc2F)c1C. The summed E-state index contributed by atoms with van der Waals surface area (Å²) in [4.78, 5) is 0. The van der Waals surface area contributed by atoms with E-state index in [9.17, 15) is 4.39 Å². The molecule has 2 aromatic rings. The van der Waals surface area contributed by atoms with Crippen LogP contribution in [0.25, 0.3) is 0 Å². The van der Waals surface area contributed by atoms with E-state index >= 15 is 0 Å². The minimum atomic E-state index is -0.241. The number of ether oxygens (including phenoxy) is 1. The van der Waals surface area contributed by atoms with Crippen LogP contribution in [0.4, 0.5) is 10.1 Å². The molecule has 0 aliphatic heterocycles. The average Bonchev–Trinajstić information content (AvgIpc) is 2.41. The maximum Gasteiger partial charge on any atom is 0.146 e. The molecular formula is C16H18FNO. The van der Waals surface area contributed by atoms with Crippen molar-refractivity contribution in [2.24, 2.45) is 0 Å². The van der Waals surface area contributed by atoms with Crippen LogP contribution in [0.2, 0.25) is 0 Å². The Hall–Kier alpha value is -2.03. The van der Waals surface area contributed by atoms with Gasteiger partial charge in [0.05, 0.1) is 5.69 Å². The summed E-state index contributed by atoms with van der Waals surface area (Å²) in [5, 5.41) is 3.02. The fourth-order valence-electron chi connectivity index (χ4n) is 1.83. The molecule has 0 amide bonds. The molecule has 0 aromatic heterocycles. The van der Waals surface area contributed by atoms with Crippen LogP contribution in [0.5, 0.6) is 5.75 Å². The molecule has 100 valence electrons. The summed E-state index contributed by atoms with van der Waals surface area (Å²) in [7, 11) is 0. The predicted molar refractivity (Wildman–Crippen MR) is 76.3 cm³/mol. The van der Waals surface area contributed by atoms with Crippen LogP contribution < -0.4 is 10.1 Å². The number of halogens is 1. The minimum Gasteiger partial charge on any atom is -0.491 e. The lowest BCUT2D eigenvalue weighted by Crippen LogP contribution is -2.12. The number of hydrogen-bond donors (Lipinski definition) is 1. The second-order valence-corrected chi connectivity index (χ2v) is 4.45. The molecule has 0 spiro atoms. The maximum atomic E-state index is 13.4. The van der Waals surface area contributed by atoms with Crippen molar-refractivity contribution in [3.63, 3.8) is 0 Å². The van der Waals surface area contributed by atoms with E-state index in [2.05, 4.69) is 18.3 Å². The molecule has 2 rings (SSSR count). The summed E-state index contributed by atoms with van der Waals surface area (Å²) >= 11 is 0. The standard InChI is InChI=1S/C16H18FNO/c1-12-6-5-9-16(13(12)2)19-11-10-18-15-8-4-3-7-14(15)17/h3-9,18H,10-11H2,1-2H3. The van der Waals surface area contributed by atoms with Crippen LogP contribution in [0.15, 0.2) is 42.5 Å². The third-order valence-electron chi connectivity index (χ3n) is 3.10. The van der Waals surface area contributed by atoms with E-state index in [0.717, 1.165) is 11.3 Å². The first-order valence-corrected chi connectivity index (χ1v) is 6.36. The first-order chi connectivity index (χ1) is 9.18. The second kappa shape index (κ2) is 6.23. The molecule has 0 saturated carbocycles. The molecular weight excluding hydrogens is 241 g/mol. The van der Waals surface area contributed by atoms with Crippen molar-refractivity contribution in [3.8, 4) is 5.75 Å². The summed E-state index contributed by atoms with van der Waals surface area (Å²) in [5.41, 5.74) is 2.86. The Balaban J connectivity index is 1.84. The van der Waals surface area contributed by atoms with Crippen LogP contribution in [-0.2, 0) is 0 Å². The van der Waals surface area contributed by atoms with Gasteiger partial charge in [0.2, 0.25) is 0 Å². The number of rotatable bonds is 5. The highest BCUT2D eigenvalue weighted by Gasteiger charge is 2.02. The average molecular weight is 259 g/mol. The zero-order valence-electron chi connectivity index (χ0n) is 11.2. The molecule has 0 aliphatic rings. The van der Waals surface area contributed by atoms with Gasteiger partial charge in [-0.3, -0.25) is 0 Å². The molecule has 0 unspecified atom stereocenters. The summed E-state index contributed by atoms with van der Waals surface area (Å²) in [6, 6.07) is 12.6. The molecule has 19 heavy (non-hydrogen) atoms. The van der Waals surface area contributed by atoms with E-state index in [-0.39, 0.29) is 5.82 Å². The fourth-order valence-corrected chi connectivity index (χ4v) is 1.83. The van der Waals surface area contributed by atoms with Crippen LogP contribution in [0.3, 0.4) is 0 Å². The molecule has 2 aromatic carbocycles. The summed E-state index contributed by atoms with van der Waals surface area (Å²) in [6.07, 6.45) is 0. The molecule has 0 bridgehead atoms. The number of hydrogen-bond acceptors (Lipinski definition) is 2. The molecule has 2 nitrogen and oxygen atoms in total. The predicted octanol–water partition coefficient (Wildman–Crippen LogP) is 3.93. The summed E-state index contributed by atoms with van der Waals surface area (Å²) in [5.74, 6) is 0.643. The largest absolute Gasteiger partial charge is 0.491 e. The van der Waals surface area contributed by atoms with E-state index < -0.39 is 0 Å². The Bertz CT molecular complexity index is 554. The number of para-hydroxylation sites is 1. The van der Waals surface area contributed by atoms with E-state index in [1.165, 1.54) is 11.6 Å². The Morgan fingerprint density at radius 1 is 1.05 bits per heavy atom. The van der Waals surface area contributed by atoms with Gasteiger partial charge in [-0.1, -0.05) is 24.3 Å². The Morgan fingerprint density at radius 3 is 2.63 bits per heavy atom. The lowest BCUT2D eigenvalue weighted by Gasteiger charge is -2.12. The van der Waals surface area contributed by atoms with Crippen molar-refractivity contribution in [1.82, 2.24) is 0 Å². The highest BCUT2D eigenvalue weighted by Crippen LogP contribution is 2.20. The van der Waals surface area contributed by atoms with Crippen molar-refractivity contribution in [2.45, 2.75) is 13.8 Å². The molecule has 0 fully saturated rings. The number of nitrogens with one attached hydrogen (secondary N) is 1. The van der Waals surface area contributed by atoms with Gasteiger partial charge in [-0.2, -0.15) is 0 Å². The normalized spacial score (nSPS) is 10.3. The zero-order valence-corrected chi connectivity index (χ0v) is 11.2. The van der Waals surface area contributed by atoms with Gasteiger partial charge in [0.1, 0.15) is 18.2 Å². The third-order valence-corrected chi connectivity index (χ3v) is 3.10. The van der Waals surface area contributed by atoms with Crippen LogP contribution in [0.1, 0.15) is 11.1 Å². The Kier molecular flexibility index (Phi) is 4.39. The van der Waals surface area contributed by atoms with Crippen molar-refractivity contribution in [2.75, 3.05) is 18.5 Å². The van der Waals surface area contributed by atoms with Gasteiger partial charge >= 0.3 is 0 Å². The number of aryl methyl sites for hydroxylation is 1. The summed E-state index contributed by atoms with van der Waals surface area (Å²) in [6.45, 7) is 5.15. The fraction of sp³-hybridized carbons (Fsp3) is 0.250. The quantitative estimate of drug-likeness (QED) is 0.821. The van der Waals surface area contributed by atoms with E-state index in [1.807, 2.05) is 19.1 Å². The molecule has 0 heterocycles. The molecule has 0 radical (unpaired) electrons. The van der Waals surface area contributed by atoms with Crippen molar-refractivity contribution in [3.05, 3.63) is 59.4 Å². The van der Waals surface area contributed by atoms with Gasteiger partial charge in [0, 0.05) is 6.54 Å². The maximum absolute atomic E-state index is 13.4. The first-order valence-electron chi connectivity index (χ1n) is 6.36. The highest BCUT2D eigenvalue weighted by atomic mass is 19.1. The Morgan fingerprint density at radius 2 is 1.84 bits per heavy atom. The van der Waals surface area contributed by atoms with Gasteiger partial charge < -0.3 is 10.1 Å². The van der Waals surface area contributed by atoms with E-state index in [0.29, 0.717) is 18.8 Å². The van der Waals surface area contributed by atoms with Crippen LogP contribution in [-0.4, -0.2) is 13.2 Å². The lowest BCUT2D eigenvalue weighted by molar-refractivity contribution is 0.330. The highest BCUT2D eigenvalue weighted by molar-refractivity contribution is 5.44. The molecule has 3 heteroatoms. The second-order valence-electron chi connectivity index (χ2n) is 4.45. The van der Waals surface area contributed by atoms with Gasteiger partial charge in [0.25, 0.3) is 0 Å². The third kappa shape index (κ3) is 3.47. The topological polar surface area (TPSA) is 21.3 Å². The van der Waals surface area contributed by atoms with Crippen LogP contribution >= 0.6 is 0 Å². The monoisotopic (exact) mass is 259 g/mol. The van der Waals surface area contributed by atoms with Gasteiger partial charge in [-0.15, -0.1) is 0 Å². The van der Waals surface area contributed by atoms with Crippen molar-refractivity contribution >= 4 is 5.69 Å².